The molecule has 0 amide bonds. The van der Waals surface area contributed by atoms with Crippen LogP contribution in [0.4, 0.5) is 5.82 Å². The molecule has 4 nitrogen and oxygen atoms in total. The molecule has 0 radical (unpaired) electrons. The standard InChI is InChI=1S/C15H23N3O/c1-19-15(9-5-6-10-15)14-17-12-8-4-2-3-7-11(12)13(16)18-14/h2-10H2,1H3,(H2,16,17,18). The number of anilines is 1. The zero-order valence-electron chi connectivity index (χ0n) is 11.7. The Hall–Kier alpha value is -1.16. The molecule has 4 heteroatoms. The van der Waals surface area contributed by atoms with Gasteiger partial charge in [0.2, 0.25) is 0 Å². The second-order valence-electron chi connectivity index (χ2n) is 5.82. The Balaban J connectivity index is 2.03. The molecule has 0 aliphatic heterocycles. The minimum Gasteiger partial charge on any atom is -0.383 e. The molecule has 0 spiro atoms. The average Bonchev–Trinajstić information content (AvgIpc) is 2.78. The minimum atomic E-state index is -0.282. The predicted octanol–water partition coefficient (Wildman–Crippen LogP) is 2.74. The Morgan fingerprint density at radius 3 is 2.47 bits per heavy atom. The van der Waals surface area contributed by atoms with Crippen molar-refractivity contribution in [3.63, 3.8) is 0 Å². The third-order valence-electron chi connectivity index (χ3n) is 4.67. The Morgan fingerprint density at radius 2 is 1.74 bits per heavy atom. The zero-order chi connectivity index (χ0) is 13.3. The Labute approximate surface area is 114 Å². The summed E-state index contributed by atoms with van der Waals surface area (Å²) in [6.07, 6.45) is 10.2. The van der Waals surface area contributed by atoms with Crippen LogP contribution in [-0.2, 0) is 23.2 Å². The Kier molecular flexibility index (Phi) is 3.44. The molecule has 0 aromatic carbocycles. The van der Waals surface area contributed by atoms with Gasteiger partial charge in [-0.3, -0.25) is 0 Å². The van der Waals surface area contributed by atoms with Gasteiger partial charge < -0.3 is 10.5 Å². The van der Waals surface area contributed by atoms with Crippen LogP contribution in [0.5, 0.6) is 0 Å². The van der Waals surface area contributed by atoms with Gasteiger partial charge in [0.15, 0.2) is 5.82 Å². The molecule has 0 bridgehead atoms. The zero-order valence-corrected chi connectivity index (χ0v) is 11.7. The van der Waals surface area contributed by atoms with Crippen molar-refractivity contribution in [2.24, 2.45) is 0 Å². The van der Waals surface area contributed by atoms with Gasteiger partial charge in [0.25, 0.3) is 0 Å². The first kappa shape index (κ1) is 12.9. The third kappa shape index (κ3) is 2.22. The number of methoxy groups -OCH3 is 1. The first-order valence-electron chi connectivity index (χ1n) is 7.46. The fraction of sp³-hybridized carbons (Fsp3) is 0.733. The van der Waals surface area contributed by atoms with Crippen molar-refractivity contribution in [1.82, 2.24) is 9.97 Å². The van der Waals surface area contributed by atoms with Gasteiger partial charge in [0.1, 0.15) is 11.4 Å². The van der Waals surface area contributed by atoms with Crippen molar-refractivity contribution in [3.8, 4) is 0 Å². The fourth-order valence-electron chi connectivity index (χ4n) is 3.47. The number of nitrogens with zero attached hydrogens (tertiary/aromatic N) is 2. The van der Waals surface area contributed by atoms with E-state index in [2.05, 4.69) is 4.98 Å². The molecule has 0 unspecified atom stereocenters. The van der Waals surface area contributed by atoms with Gasteiger partial charge in [0.05, 0.1) is 0 Å². The summed E-state index contributed by atoms with van der Waals surface area (Å²) in [6, 6.07) is 0. The molecular formula is C15H23N3O. The van der Waals surface area contributed by atoms with Crippen molar-refractivity contribution in [3.05, 3.63) is 17.1 Å². The van der Waals surface area contributed by atoms with Crippen molar-refractivity contribution in [2.75, 3.05) is 12.8 Å². The van der Waals surface area contributed by atoms with Crippen molar-refractivity contribution < 1.29 is 4.74 Å². The highest BCUT2D eigenvalue weighted by Gasteiger charge is 2.39. The number of fused-ring (bicyclic) bond motifs is 1. The Bertz CT molecular complexity index is 467. The first-order valence-corrected chi connectivity index (χ1v) is 7.46. The van der Waals surface area contributed by atoms with Gasteiger partial charge in [0, 0.05) is 18.4 Å². The van der Waals surface area contributed by atoms with E-state index in [0.717, 1.165) is 31.5 Å². The summed E-state index contributed by atoms with van der Waals surface area (Å²) in [4.78, 5) is 9.44. The van der Waals surface area contributed by atoms with E-state index in [1.165, 1.54) is 43.4 Å². The smallest absolute Gasteiger partial charge is 0.162 e. The quantitative estimate of drug-likeness (QED) is 0.832. The number of hydrogen-bond acceptors (Lipinski definition) is 4. The third-order valence-corrected chi connectivity index (χ3v) is 4.67. The van der Waals surface area contributed by atoms with Crippen LogP contribution in [0.1, 0.15) is 62.0 Å². The van der Waals surface area contributed by atoms with Gasteiger partial charge in [-0.15, -0.1) is 0 Å². The lowest BCUT2D eigenvalue weighted by atomic mass is 10.00. The summed E-state index contributed by atoms with van der Waals surface area (Å²) < 4.78 is 5.78. The van der Waals surface area contributed by atoms with E-state index < -0.39 is 0 Å². The highest BCUT2D eigenvalue weighted by atomic mass is 16.5. The number of aromatic nitrogens is 2. The van der Waals surface area contributed by atoms with E-state index in [1.54, 1.807) is 7.11 Å². The number of rotatable bonds is 2. The number of hydrogen-bond donors (Lipinski definition) is 1. The summed E-state index contributed by atoms with van der Waals surface area (Å²) >= 11 is 0. The largest absolute Gasteiger partial charge is 0.383 e. The molecule has 1 fully saturated rings. The van der Waals surface area contributed by atoms with E-state index in [-0.39, 0.29) is 5.60 Å². The Morgan fingerprint density at radius 1 is 1.00 bits per heavy atom. The lowest BCUT2D eigenvalue weighted by molar-refractivity contribution is -0.0163. The predicted molar refractivity (Wildman–Crippen MR) is 74.9 cm³/mol. The number of ether oxygens (including phenoxy) is 1. The van der Waals surface area contributed by atoms with Crippen molar-refractivity contribution in [1.29, 1.82) is 0 Å². The second-order valence-corrected chi connectivity index (χ2v) is 5.82. The van der Waals surface area contributed by atoms with Crippen LogP contribution in [0.3, 0.4) is 0 Å². The number of aryl methyl sites for hydroxylation is 1. The highest BCUT2D eigenvalue weighted by Crippen LogP contribution is 2.41. The molecule has 1 aromatic rings. The topological polar surface area (TPSA) is 61.0 Å². The molecular weight excluding hydrogens is 238 g/mol. The van der Waals surface area contributed by atoms with Crippen LogP contribution < -0.4 is 5.73 Å². The maximum atomic E-state index is 6.19. The second kappa shape index (κ2) is 5.08. The van der Waals surface area contributed by atoms with E-state index >= 15 is 0 Å². The molecule has 1 heterocycles. The van der Waals surface area contributed by atoms with Crippen LogP contribution in [0, 0.1) is 0 Å². The maximum Gasteiger partial charge on any atom is 0.162 e. The minimum absolute atomic E-state index is 0.282. The van der Waals surface area contributed by atoms with Gasteiger partial charge >= 0.3 is 0 Å². The molecule has 19 heavy (non-hydrogen) atoms. The van der Waals surface area contributed by atoms with Crippen LogP contribution in [-0.4, -0.2) is 17.1 Å². The van der Waals surface area contributed by atoms with E-state index in [1.807, 2.05) is 0 Å². The molecule has 104 valence electrons. The first-order chi connectivity index (χ1) is 9.25. The molecule has 1 aromatic heterocycles. The summed E-state index contributed by atoms with van der Waals surface area (Å²) in [5.41, 5.74) is 8.26. The lowest BCUT2D eigenvalue weighted by Crippen LogP contribution is -2.28. The SMILES string of the molecule is COC1(c2nc(N)c3c(n2)CCCCC3)CCCC1. The summed E-state index contributed by atoms with van der Waals surface area (Å²) in [6.45, 7) is 0. The normalized spacial score (nSPS) is 21.9. The molecule has 3 rings (SSSR count). The van der Waals surface area contributed by atoms with E-state index in [4.69, 9.17) is 15.5 Å². The number of nitrogen functional groups attached to an aromatic ring is 1. The van der Waals surface area contributed by atoms with E-state index in [9.17, 15) is 0 Å². The number of nitrogens with two attached hydrogens (primary N) is 1. The summed E-state index contributed by atoms with van der Waals surface area (Å²) in [5, 5.41) is 0. The van der Waals surface area contributed by atoms with Gasteiger partial charge in [-0.25, -0.2) is 9.97 Å². The van der Waals surface area contributed by atoms with Crippen molar-refractivity contribution in [2.45, 2.75) is 63.4 Å². The van der Waals surface area contributed by atoms with Crippen LogP contribution in [0.15, 0.2) is 0 Å². The van der Waals surface area contributed by atoms with Gasteiger partial charge in [-0.2, -0.15) is 0 Å². The van der Waals surface area contributed by atoms with Gasteiger partial charge in [-0.05, 0) is 51.4 Å². The van der Waals surface area contributed by atoms with E-state index in [0.29, 0.717) is 5.82 Å². The molecule has 2 aliphatic rings. The lowest BCUT2D eigenvalue weighted by Gasteiger charge is -2.26. The summed E-state index contributed by atoms with van der Waals surface area (Å²) in [5.74, 6) is 1.51. The van der Waals surface area contributed by atoms with Crippen LogP contribution in [0.2, 0.25) is 0 Å². The maximum absolute atomic E-state index is 6.19. The average molecular weight is 261 g/mol. The van der Waals surface area contributed by atoms with Gasteiger partial charge in [-0.1, -0.05) is 6.42 Å². The monoisotopic (exact) mass is 261 g/mol. The fourth-order valence-corrected chi connectivity index (χ4v) is 3.47. The van der Waals surface area contributed by atoms with Crippen molar-refractivity contribution >= 4 is 5.82 Å². The molecule has 2 aliphatic carbocycles. The molecule has 0 atom stereocenters. The molecule has 0 saturated heterocycles. The van der Waals surface area contributed by atoms with Crippen LogP contribution >= 0.6 is 0 Å². The van der Waals surface area contributed by atoms with Crippen LogP contribution in [0.25, 0.3) is 0 Å². The molecule has 2 N–H and O–H groups in total. The highest BCUT2D eigenvalue weighted by molar-refractivity contribution is 5.43. The molecule has 1 saturated carbocycles. The summed E-state index contributed by atoms with van der Waals surface area (Å²) in [7, 11) is 1.77.